The quantitative estimate of drug-likeness (QED) is 0.270. The highest BCUT2D eigenvalue weighted by Gasteiger charge is 2.24. The van der Waals surface area contributed by atoms with E-state index in [2.05, 4.69) is 67.5 Å². The Hall–Kier alpha value is -3.67. The molecule has 4 rings (SSSR count). The Kier molecular flexibility index (Phi) is 10.2. The zero-order chi connectivity index (χ0) is 29.4. The molecule has 0 bridgehead atoms. The molecule has 5 nitrogen and oxygen atoms in total. The molecule has 0 radical (unpaired) electrons. The van der Waals surface area contributed by atoms with Gasteiger partial charge in [-0.15, -0.1) is 0 Å². The van der Waals surface area contributed by atoms with E-state index in [9.17, 15) is 14.0 Å². The van der Waals surface area contributed by atoms with E-state index in [-0.39, 0.29) is 29.0 Å². The van der Waals surface area contributed by atoms with Crippen LogP contribution in [0.2, 0.25) is 0 Å². The Bertz CT molecular complexity index is 1290. The van der Waals surface area contributed by atoms with Gasteiger partial charge in [0.05, 0.1) is 5.56 Å². The lowest BCUT2D eigenvalue weighted by Gasteiger charge is -2.35. The Morgan fingerprint density at radius 1 is 0.951 bits per heavy atom. The molecule has 0 unspecified atom stereocenters. The van der Waals surface area contributed by atoms with E-state index < -0.39 is 0 Å². The number of nitrogens with zero attached hydrogens (tertiary/aromatic N) is 1. The number of hydrogen-bond donors (Lipinski definition) is 2. The maximum atomic E-state index is 13.5. The molecule has 3 aromatic carbocycles. The molecule has 1 fully saturated rings. The molecule has 2 N–H and O–H groups in total. The minimum atomic E-state index is -0.307. The second kappa shape index (κ2) is 13.8. The van der Waals surface area contributed by atoms with Crippen molar-refractivity contribution >= 4 is 23.2 Å². The number of rotatable bonds is 10. The third-order valence-electron chi connectivity index (χ3n) is 7.71. The first kappa shape index (κ1) is 30.3. The van der Waals surface area contributed by atoms with Gasteiger partial charge >= 0.3 is 0 Å². The maximum absolute atomic E-state index is 13.5. The molecule has 0 aromatic heterocycles. The summed E-state index contributed by atoms with van der Waals surface area (Å²) in [5.41, 5.74) is 4.37. The highest BCUT2D eigenvalue weighted by atomic mass is 19.1. The molecule has 0 aliphatic carbocycles. The molecule has 0 saturated carbocycles. The molecule has 1 aliphatic heterocycles. The van der Waals surface area contributed by atoms with Gasteiger partial charge in [0, 0.05) is 37.4 Å². The van der Waals surface area contributed by atoms with Crippen LogP contribution in [0.15, 0.2) is 72.8 Å². The van der Waals surface area contributed by atoms with Gasteiger partial charge in [-0.25, -0.2) is 4.39 Å². The van der Waals surface area contributed by atoms with Crippen molar-refractivity contribution < 1.29 is 14.0 Å². The van der Waals surface area contributed by atoms with E-state index >= 15 is 0 Å². The number of carbonyl (C=O) groups is 2. The van der Waals surface area contributed by atoms with Gasteiger partial charge in [-0.3, -0.25) is 9.59 Å². The van der Waals surface area contributed by atoms with Gasteiger partial charge in [-0.1, -0.05) is 70.2 Å². The van der Waals surface area contributed by atoms with Crippen LogP contribution in [0.1, 0.15) is 74.9 Å². The predicted octanol–water partition coefficient (Wildman–Crippen LogP) is 7.62. The average Bonchev–Trinajstić information content (AvgIpc) is 2.92. The summed E-state index contributed by atoms with van der Waals surface area (Å²) in [5.74, 6) is 0.295. The summed E-state index contributed by atoms with van der Waals surface area (Å²) >= 11 is 0. The summed E-state index contributed by atoms with van der Waals surface area (Å²) in [6.07, 6.45) is 4.56. The van der Waals surface area contributed by atoms with Crippen LogP contribution in [0.5, 0.6) is 0 Å². The number of hydrogen-bond acceptors (Lipinski definition) is 3. The molecule has 2 amide bonds. The summed E-state index contributed by atoms with van der Waals surface area (Å²) in [6, 6.07) is 22.4. The van der Waals surface area contributed by atoms with Crippen LogP contribution in [-0.4, -0.2) is 24.9 Å². The number of benzene rings is 3. The number of anilines is 2. The van der Waals surface area contributed by atoms with Gasteiger partial charge in [0.2, 0.25) is 5.91 Å². The van der Waals surface area contributed by atoms with Crippen LogP contribution in [0.25, 0.3) is 0 Å². The summed E-state index contributed by atoms with van der Waals surface area (Å²) < 4.78 is 13.3. The molecular weight excluding hydrogens is 513 g/mol. The highest BCUT2D eigenvalue weighted by molar-refractivity contribution is 6.02. The first-order chi connectivity index (χ1) is 19.6. The molecule has 41 heavy (non-hydrogen) atoms. The minimum Gasteiger partial charge on any atom is -0.371 e. The van der Waals surface area contributed by atoms with Gasteiger partial charge in [-0.05, 0) is 84.4 Å². The minimum absolute atomic E-state index is 0.0473. The van der Waals surface area contributed by atoms with Crippen molar-refractivity contribution in [3.63, 3.8) is 0 Å². The van der Waals surface area contributed by atoms with Gasteiger partial charge in [0.15, 0.2) is 0 Å². The third-order valence-corrected chi connectivity index (χ3v) is 7.71. The van der Waals surface area contributed by atoms with E-state index in [1.807, 2.05) is 18.2 Å². The van der Waals surface area contributed by atoms with Crippen molar-refractivity contribution in [1.29, 1.82) is 0 Å². The fourth-order valence-electron chi connectivity index (χ4n) is 5.92. The van der Waals surface area contributed by atoms with Crippen LogP contribution in [0, 0.1) is 23.1 Å². The lowest BCUT2D eigenvalue weighted by Crippen LogP contribution is -2.36. The zero-order valence-electron chi connectivity index (χ0n) is 24.9. The van der Waals surface area contributed by atoms with E-state index in [0.717, 1.165) is 50.0 Å². The predicted molar refractivity (Wildman–Crippen MR) is 166 cm³/mol. The molecular formula is C35H44FN3O2. The van der Waals surface area contributed by atoms with Crippen molar-refractivity contribution in [2.45, 2.75) is 66.3 Å². The van der Waals surface area contributed by atoms with Crippen LogP contribution in [0.3, 0.4) is 0 Å². The standard InChI is InChI=1S/C35H44FN3O2/c1-25(23-35(2,3)4)20-33(40)38-30-14-15-32(31(22-30)34(41)37-24-28-10-12-29(36)13-11-28)39-18-16-27(17-19-39)21-26-8-6-5-7-9-26/h5-15,22,25,27H,16-21,23-24H2,1-4H3,(H,37,41)(H,38,40)/t25-/m0/s1. The number of nitrogens with one attached hydrogen (secondary N) is 2. The van der Waals surface area contributed by atoms with E-state index in [1.54, 1.807) is 18.2 Å². The average molecular weight is 558 g/mol. The van der Waals surface area contributed by atoms with Crippen molar-refractivity contribution in [3.05, 3.63) is 95.3 Å². The summed E-state index contributed by atoms with van der Waals surface area (Å²) in [6.45, 7) is 10.7. The maximum Gasteiger partial charge on any atom is 0.253 e. The van der Waals surface area contributed by atoms with Crippen molar-refractivity contribution in [3.8, 4) is 0 Å². The van der Waals surface area contributed by atoms with Crippen LogP contribution >= 0.6 is 0 Å². The van der Waals surface area contributed by atoms with Crippen molar-refractivity contribution in [2.75, 3.05) is 23.3 Å². The molecule has 3 aromatic rings. The van der Waals surface area contributed by atoms with Crippen molar-refractivity contribution in [2.24, 2.45) is 17.3 Å². The van der Waals surface area contributed by atoms with Gasteiger partial charge in [0.1, 0.15) is 5.82 Å². The molecule has 1 heterocycles. The number of piperidine rings is 1. The summed E-state index contributed by atoms with van der Waals surface area (Å²) in [5, 5.41) is 6.01. The first-order valence-electron chi connectivity index (χ1n) is 14.8. The number of halogens is 1. The molecule has 1 aliphatic rings. The lowest BCUT2D eigenvalue weighted by atomic mass is 9.84. The monoisotopic (exact) mass is 557 g/mol. The number of carbonyl (C=O) groups excluding carboxylic acids is 2. The highest BCUT2D eigenvalue weighted by Crippen LogP contribution is 2.31. The molecule has 1 atom stereocenters. The SMILES string of the molecule is C[C@@H](CC(=O)Nc1ccc(N2CCC(Cc3ccccc3)CC2)c(C(=O)NCc2ccc(F)cc2)c1)CC(C)(C)C. The molecule has 1 saturated heterocycles. The Labute approximate surface area is 244 Å². The normalized spacial score (nSPS) is 14.9. The van der Waals surface area contributed by atoms with Crippen LogP contribution < -0.4 is 15.5 Å². The summed E-state index contributed by atoms with van der Waals surface area (Å²) in [7, 11) is 0. The molecule has 218 valence electrons. The Morgan fingerprint density at radius 2 is 1.63 bits per heavy atom. The first-order valence-corrected chi connectivity index (χ1v) is 14.8. The van der Waals surface area contributed by atoms with E-state index in [0.29, 0.717) is 30.1 Å². The second-order valence-electron chi connectivity index (χ2n) is 12.8. The van der Waals surface area contributed by atoms with E-state index in [1.165, 1.54) is 17.7 Å². The van der Waals surface area contributed by atoms with E-state index in [4.69, 9.17) is 0 Å². The lowest BCUT2D eigenvalue weighted by molar-refractivity contribution is -0.117. The second-order valence-corrected chi connectivity index (χ2v) is 12.8. The Balaban J connectivity index is 1.47. The fourth-order valence-corrected chi connectivity index (χ4v) is 5.92. The summed E-state index contributed by atoms with van der Waals surface area (Å²) in [4.78, 5) is 28.6. The fraction of sp³-hybridized carbons (Fsp3) is 0.429. The zero-order valence-corrected chi connectivity index (χ0v) is 24.9. The largest absolute Gasteiger partial charge is 0.371 e. The van der Waals surface area contributed by atoms with Crippen molar-refractivity contribution in [1.82, 2.24) is 5.32 Å². The van der Waals surface area contributed by atoms with Crippen LogP contribution in [0.4, 0.5) is 15.8 Å². The topological polar surface area (TPSA) is 61.4 Å². The molecule has 6 heteroatoms. The smallest absolute Gasteiger partial charge is 0.253 e. The van der Waals surface area contributed by atoms with Gasteiger partial charge in [-0.2, -0.15) is 0 Å². The van der Waals surface area contributed by atoms with Crippen LogP contribution in [-0.2, 0) is 17.8 Å². The number of amides is 2. The van der Waals surface area contributed by atoms with Gasteiger partial charge in [0.25, 0.3) is 5.91 Å². The third kappa shape index (κ3) is 9.44. The van der Waals surface area contributed by atoms with Gasteiger partial charge < -0.3 is 15.5 Å². The molecule has 0 spiro atoms. The Morgan fingerprint density at radius 3 is 2.29 bits per heavy atom.